The van der Waals surface area contributed by atoms with Gasteiger partial charge in [-0.3, -0.25) is 0 Å². The summed E-state index contributed by atoms with van der Waals surface area (Å²) in [6.07, 6.45) is -81.8. The van der Waals surface area contributed by atoms with Crippen LogP contribution < -0.4 is 0 Å². The molecular weight excluding hydrogens is 624 g/mol. The van der Waals surface area contributed by atoms with Crippen LogP contribution in [0.4, 0.5) is 105 Å². The summed E-state index contributed by atoms with van der Waals surface area (Å²) in [6, 6.07) is 0. The van der Waals surface area contributed by atoms with Crippen molar-refractivity contribution in [2.75, 3.05) is 0 Å². The largest absolute Gasteiger partial charge is 0.404 e. The molecular formula is C14H4F24. The van der Waals surface area contributed by atoms with Gasteiger partial charge in [0, 0.05) is 0 Å². The second kappa shape index (κ2) is 7.95. The molecule has 38 heavy (non-hydrogen) atoms. The molecule has 1 aliphatic carbocycles. The molecule has 0 heterocycles. The van der Waals surface area contributed by atoms with Crippen molar-refractivity contribution >= 4 is 0 Å². The molecule has 0 N–H and O–H groups in total. The van der Waals surface area contributed by atoms with Gasteiger partial charge >= 0.3 is 49.4 Å². The van der Waals surface area contributed by atoms with Crippen molar-refractivity contribution < 1.29 is 105 Å². The third-order valence-electron chi connectivity index (χ3n) is 6.39. The lowest BCUT2D eigenvalue weighted by Gasteiger charge is -2.65. The highest BCUT2D eigenvalue weighted by molar-refractivity contribution is 5.28. The van der Waals surface area contributed by atoms with Crippen LogP contribution in [0.25, 0.3) is 0 Å². The summed E-state index contributed by atoms with van der Waals surface area (Å²) in [5.41, 5.74) is -34.5. The first kappa shape index (κ1) is 34.3. The van der Waals surface area contributed by atoms with Crippen molar-refractivity contribution in [3.8, 4) is 0 Å². The summed E-state index contributed by atoms with van der Waals surface area (Å²) in [4.78, 5) is 0. The van der Waals surface area contributed by atoms with Crippen LogP contribution in [0.15, 0.2) is 0 Å². The third kappa shape index (κ3) is 3.79. The van der Waals surface area contributed by atoms with Crippen molar-refractivity contribution in [3.05, 3.63) is 0 Å². The van der Waals surface area contributed by atoms with E-state index >= 15 is 0 Å². The van der Waals surface area contributed by atoms with Gasteiger partial charge in [-0.15, -0.1) is 0 Å². The van der Waals surface area contributed by atoms with Gasteiger partial charge in [0.1, 0.15) is 0 Å². The van der Waals surface area contributed by atoms with Gasteiger partial charge in [-0.2, -0.15) is 105 Å². The van der Waals surface area contributed by atoms with E-state index in [9.17, 15) is 105 Å². The standard InChI is InChI=1S/C14H4F24/c15-7(16,17)3(8(18,19)20)1-4(9(21,22)23,10(24,25)26)6(13(33,34)35,14(36,37)38)2-5(3,11(27,28)29)12(30,31)32/h1-2H2. The van der Waals surface area contributed by atoms with Gasteiger partial charge in [0.25, 0.3) is 0 Å². The zero-order chi connectivity index (χ0) is 31.4. The molecule has 0 aromatic heterocycles. The number of hydrogen-bond donors (Lipinski definition) is 0. The first-order valence-corrected chi connectivity index (χ1v) is 8.45. The molecule has 0 aromatic carbocycles. The lowest BCUT2D eigenvalue weighted by Crippen LogP contribution is -2.84. The summed E-state index contributed by atoms with van der Waals surface area (Å²) in [5, 5.41) is 0. The summed E-state index contributed by atoms with van der Waals surface area (Å²) in [5.74, 6) is 0. The van der Waals surface area contributed by atoms with Crippen LogP contribution in [0.2, 0.25) is 0 Å². The summed E-state index contributed by atoms with van der Waals surface area (Å²) < 4.78 is 326. The predicted octanol–water partition coefficient (Wildman–Crippen LogP) is 9.22. The van der Waals surface area contributed by atoms with Gasteiger partial charge < -0.3 is 0 Å². The zero-order valence-corrected chi connectivity index (χ0v) is 16.5. The topological polar surface area (TPSA) is 0 Å². The minimum absolute atomic E-state index is 6.14. The Morgan fingerprint density at radius 3 is 0.342 bits per heavy atom. The van der Waals surface area contributed by atoms with Crippen LogP contribution in [-0.2, 0) is 0 Å². The van der Waals surface area contributed by atoms with E-state index in [1.54, 1.807) is 0 Å². The quantitative estimate of drug-likeness (QED) is 0.235. The summed E-state index contributed by atoms with van der Waals surface area (Å²) in [7, 11) is 0. The molecule has 0 spiro atoms. The van der Waals surface area contributed by atoms with Gasteiger partial charge in [0.15, 0.2) is 21.7 Å². The Labute approximate surface area is 190 Å². The lowest BCUT2D eigenvalue weighted by atomic mass is 9.39. The predicted molar refractivity (Wildman–Crippen MR) is 67.4 cm³/mol. The molecule has 0 bridgehead atoms. The van der Waals surface area contributed by atoms with Crippen LogP contribution >= 0.6 is 0 Å². The Bertz CT molecular complexity index is 669. The molecule has 0 atom stereocenters. The minimum Gasteiger partial charge on any atom is -0.170 e. The minimum atomic E-state index is -8.69. The highest BCUT2D eigenvalue weighted by Gasteiger charge is 3.05. The van der Waals surface area contributed by atoms with Crippen LogP contribution in [-0.4, -0.2) is 49.4 Å². The van der Waals surface area contributed by atoms with E-state index < -0.39 is 83.9 Å². The fraction of sp³-hybridized carbons (Fsp3) is 1.00. The molecule has 0 aromatic rings. The van der Waals surface area contributed by atoms with Gasteiger partial charge in [-0.05, 0) is 12.8 Å². The van der Waals surface area contributed by atoms with E-state index in [0.29, 0.717) is 0 Å². The maximum absolute atomic E-state index is 13.6. The van der Waals surface area contributed by atoms with E-state index in [0.717, 1.165) is 0 Å². The Balaban J connectivity index is 5.05. The highest BCUT2D eigenvalue weighted by Crippen LogP contribution is 2.87. The van der Waals surface area contributed by atoms with Gasteiger partial charge in [-0.1, -0.05) is 0 Å². The molecule has 1 rings (SSSR count). The van der Waals surface area contributed by atoms with Gasteiger partial charge in [0.05, 0.1) is 0 Å². The SMILES string of the molecule is FC(F)(F)C1(C(F)(F)F)CC(C(F)(F)F)(C(F)(F)F)C(C(F)(F)F)(C(F)(F)F)CC1(C(F)(F)F)C(F)(F)F. The molecule has 24 heteroatoms. The summed E-state index contributed by atoms with van der Waals surface area (Å²) >= 11 is 0. The molecule has 0 amide bonds. The van der Waals surface area contributed by atoms with Crippen molar-refractivity contribution in [1.29, 1.82) is 0 Å². The number of halogens is 24. The van der Waals surface area contributed by atoms with Crippen LogP contribution in [0.1, 0.15) is 12.8 Å². The first-order chi connectivity index (χ1) is 15.9. The molecule has 1 aliphatic rings. The van der Waals surface area contributed by atoms with Crippen LogP contribution in [0.3, 0.4) is 0 Å². The fourth-order valence-electron chi connectivity index (χ4n) is 4.78. The Hall–Kier alpha value is -1.68. The molecule has 228 valence electrons. The average molecular weight is 628 g/mol. The van der Waals surface area contributed by atoms with Crippen molar-refractivity contribution in [3.63, 3.8) is 0 Å². The van der Waals surface area contributed by atoms with Gasteiger partial charge in [-0.25, -0.2) is 0 Å². The monoisotopic (exact) mass is 628 g/mol. The van der Waals surface area contributed by atoms with Gasteiger partial charge in [0.2, 0.25) is 0 Å². The molecule has 0 unspecified atom stereocenters. The van der Waals surface area contributed by atoms with Crippen LogP contribution in [0, 0.1) is 21.7 Å². The maximum Gasteiger partial charge on any atom is 0.404 e. The van der Waals surface area contributed by atoms with E-state index in [4.69, 9.17) is 0 Å². The Morgan fingerprint density at radius 1 is 0.211 bits per heavy atom. The molecule has 1 fully saturated rings. The van der Waals surface area contributed by atoms with E-state index in [2.05, 4.69) is 0 Å². The fourth-order valence-corrected chi connectivity index (χ4v) is 4.78. The Kier molecular flexibility index (Phi) is 7.19. The smallest absolute Gasteiger partial charge is 0.170 e. The maximum atomic E-state index is 13.6. The molecule has 0 aliphatic heterocycles. The second-order valence-corrected chi connectivity index (χ2v) is 7.96. The normalized spacial score (nSPS) is 23.4. The average Bonchev–Trinajstić information content (AvgIpc) is 2.51. The third-order valence-corrected chi connectivity index (χ3v) is 6.39. The van der Waals surface area contributed by atoms with Crippen molar-refractivity contribution in [2.45, 2.75) is 62.3 Å². The zero-order valence-electron chi connectivity index (χ0n) is 16.5. The molecule has 0 nitrogen and oxygen atoms in total. The molecule has 1 saturated carbocycles. The van der Waals surface area contributed by atoms with Crippen LogP contribution in [0.5, 0.6) is 0 Å². The first-order valence-electron chi connectivity index (χ1n) is 8.45. The summed E-state index contributed by atoms with van der Waals surface area (Å²) in [6.45, 7) is 0. The second-order valence-electron chi connectivity index (χ2n) is 7.96. The van der Waals surface area contributed by atoms with E-state index in [1.807, 2.05) is 0 Å². The number of alkyl halides is 24. The van der Waals surface area contributed by atoms with Crippen molar-refractivity contribution in [1.82, 2.24) is 0 Å². The van der Waals surface area contributed by atoms with E-state index in [1.165, 1.54) is 0 Å². The number of hydrogen-bond acceptors (Lipinski definition) is 0. The molecule has 0 radical (unpaired) electrons. The van der Waals surface area contributed by atoms with E-state index in [-0.39, 0.29) is 0 Å². The Morgan fingerprint density at radius 2 is 0.289 bits per heavy atom. The lowest BCUT2D eigenvalue weighted by molar-refractivity contribution is -0.558. The van der Waals surface area contributed by atoms with Crippen molar-refractivity contribution in [2.24, 2.45) is 21.7 Å². The highest BCUT2D eigenvalue weighted by atomic mass is 19.5. The number of rotatable bonds is 0. The molecule has 0 saturated heterocycles.